The van der Waals surface area contributed by atoms with Crippen LogP contribution in [0.5, 0.6) is 0 Å². The first-order valence-corrected chi connectivity index (χ1v) is 13.7. The summed E-state index contributed by atoms with van der Waals surface area (Å²) >= 11 is 1.89. The molecule has 1 atom stereocenters. The number of amides is 2. The van der Waals surface area contributed by atoms with Crippen LogP contribution in [-0.4, -0.2) is 77.6 Å². The maximum Gasteiger partial charge on any atom is 0.318 e. The van der Waals surface area contributed by atoms with Gasteiger partial charge in [0, 0.05) is 84.9 Å². The topological polar surface area (TPSA) is 51.7 Å². The van der Waals surface area contributed by atoms with E-state index in [-0.39, 0.29) is 18.1 Å². The molecule has 0 saturated carbocycles. The summed E-state index contributed by atoms with van der Waals surface area (Å²) in [4.78, 5) is 27.0. The Balaban J connectivity index is 1.30. The van der Waals surface area contributed by atoms with E-state index in [4.69, 9.17) is 4.98 Å². The minimum absolute atomic E-state index is 0.0256. The van der Waals surface area contributed by atoms with Crippen LogP contribution in [0.4, 0.5) is 4.79 Å². The zero-order chi connectivity index (χ0) is 24.5. The molecule has 2 aromatic heterocycles. The highest BCUT2D eigenvalue weighted by molar-refractivity contribution is 7.15. The number of nitrogens with one attached hydrogen (secondary N) is 1. The Morgan fingerprint density at radius 2 is 2.00 bits per heavy atom. The smallest absolute Gasteiger partial charge is 0.318 e. The molecule has 0 radical (unpaired) electrons. The Labute approximate surface area is 213 Å². The van der Waals surface area contributed by atoms with E-state index in [0.717, 1.165) is 57.8 Å². The second kappa shape index (κ2) is 10.2. The van der Waals surface area contributed by atoms with E-state index in [9.17, 15) is 4.79 Å². The summed E-state index contributed by atoms with van der Waals surface area (Å²) in [7, 11) is 2.20. The predicted octanol–water partition coefficient (Wildman–Crippen LogP) is 4.64. The van der Waals surface area contributed by atoms with Gasteiger partial charge in [0.15, 0.2) is 0 Å². The van der Waals surface area contributed by atoms with Crippen molar-refractivity contribution < 1.29 is 4.79 Å². The molecule has 6 nitrogen and oxygen atoms in total. The van der Waals surface area contributed by atoms with Gasteiger partial charge in [0.05, 0.1) is 5.69 Å². The lowest BCUT2D eigenvalue weighted by Gasteiger charge is -2.33. The van der Waals surface area contributed by atoms with Gasteiger partial charge in [-0.05, 0) is 63.6 Å². The van der Waals surface area contributed by atoms with E-state index >= 15 is 0 Å². The van der Waals surface area contributed by atoms with Crippen LogP contribution >= 0.6 is 11.3 Å². The molecule has 2 amide bonds. The Kier molecular flexibility index (Phi) is 7.09. The molecule has 2 aliphatic heterocycles. The maximum absolute atomic E-state index is 12.5. The Morgan fingerprint density at radius 3 is 2.74 bits per heavy atom. The molecule has 2 aromatic rings. The fraction of sp³-hybridized carbons (Fsp3) is 0.500. The first-order chi connectivity index (χ1) is 16.9. The summed E-state index contributed by atoms with van der Waals surface area (Å²) in [6.45, 7) is 12.5. The molecule has 1 saturated heterocycles. The molecule has 1 unspecified atom stereocenters. The molecule has 1 aliphatic carbocycles. The molecule has 0 aromatic carbocycles. The van der Waals surface area contributed by atoms with Gasteiger partial charge in [-0.15, -0.1) is 11.3 Å². The lowest BCUT2D eigenvalue weighted by atomic mass is 9.93. The number of urea groups is 1. The van der Waals surface area contributed by atoms with Crippen LogP contribution in [0.3, 0.4) is 0 Å². The molecular weight excluding hydrogens is 454 g/mol. The average Bonchev–Trinajstić information content (AvgIpc) is 3.46. The van der Waals surface area contributed by atoms with Crippen molar-refractivity contribution in [3.8, 4) is 10.4 Å². The van der Waals surface area contributed by atoms with E-state index in [2.05, 4.69) is 59.4 Å². The van der Waals surface area contributed by atoms with Gasteiger partial charge >= 0.3 is 6.03 Å². The standard InChI is InChI=1S/C28H37N5OS/c1-19(2)30-28(34)33-10-9-21(15-20(33)3)24-6-7-26-25(24)16-22(17-29-26)27-8-5-23(35-27)18-32-13-11-31(4)12-14-32/h5-6,8,15-17,19-20H,7,9-14,18H2,1-4H3,(H,30,34). The number of hydrogen-bond donors (Lipinski definition) is 1. The molecule has 35 heavy (non-hydrogen) atoms. The number of piperazine rings is 1. The normalized spacial score (nSPS) is 21.2. The Morgan fingerprint density at radius 1 is 1.20 bits per heavy atom. The number of thiophene rings is 1. The Bertz CT molecular complexity index is 1140. The molecular formula is C28H37N5OS. The molecule has 0 spiro atoms. The number of aromatic nitrogens is 1. The number of pyridine rings is 1. The third-order valence-electron chi connectivity index (χ3n) is 7.26. The number of rotatable bonds is 5. The number of fused-ring (bicyclic) bond motifs is 1. The van der Waals surface area contributed by atoms with E-state index < -0.39 is 0 Å². The van der Waals surface area contributed by atoms with Crippen molar-refractivity contribution in [2.45, 2.75) is 52.2 Å². The minimum atomic E-state index is 0.0256. The first-order valence-electron chi connectivity index (χ1n) is 12.8. The van der Waals surface area contributed by atoms with Crippen molar-refractivity contribution in [3.05, 3.63) is 58.3 Å². The monoisotopic (exact) mass is 491 g/mol. The molecule has 1 fully saturated rings. The summed E-state index contributed by atoms with van der Waals surface area (Å²) < 4.78 is 0. The zero-order valence-corrected chi connectivity index (χ0v) is 22.2. The quantitative estimate of drug-likeness (QED) is 0.662. The number of carbonyl (C=O) groups is 1. The van der Waals surface area contributed by atoms with Crippen LogP contribution in [0.1, 0.15) is 43.3 Å². The Hall–Kier alpha value is -2.48. The van der Waals surface area contributed by atoms with Gasteiger partial charge in [-0.1, -0.05) is 12.2 Å². The van der Waals surface area contributed by atoms with Crippen LogP contribution in [0.15, 0.2) is 42.1 Å². The summed E-state index contributed by atoms with van der Waals surface area (Å²) in [5, 5.41) is 3.03. The maximum atomic E-state index is 12.5. The van der Waals surface area contributed by atoms with Crippen LogP contribution in [0.25, 0.3) is 16.0 Å². The fourth-order valence-corrected chi connectivity index (χ4v) is 6.26. The van der Waals surface area contributed by atoms with E-state index in [0.29, 0.717) is 0 Å². The number of likely N-dealkylation sites (N-methyl/N-ethyl adjacent to an activating group) is 1. The van der Waals surface area contributed by atoms with Gasteiger partial charge in [0.2, 0.25) is 0 Å². The number of hydrogen-bond acceptors (Lipinski definition) is 5. The van der Waals surface area contributed by atoms with Crippen molar-refractivity contribution in [1.82, 2.24) is 25.0 Å². The second-order valence-corrected chi connectivity index (χ2v) is 11.5. The molecule has 3 aliphatic rings. The molecule has 0 bridgehead atoms. The van der Waals surface area contributed by atoms with Crippen LogP contribution in [0.2, 0.25) is 0 Å². The zero-order valence-electron chi connectivity index (χ0n) is 21.4. The van der Waals surface area contributed by atoms with Crippen molar-refractivity contribution in [2.75, 3.05) is 39.8 Å². The number of nitrogens with zero attached hydrogens (tertiary/aromatic N) is 4. The van der Waals surface area contributed by atoms with Crippen molar-refractivity contribution in [3.63, 3.8) is 0 Å². The first kappa shape index (κ1) is 24.2. The lowest BCUT2D eigenvalue weighted by molar-refractivity contribution is 0.149. The van der Waals surface area contributed by atoms with Gasteiger partial charge in [-0.2, -0.15) is 0 Å². The highest BCUT2D eigenvalue weighted by Crippen LogP contribution is 2.38. The van der Waals surface area contributed by atoms with Gasteiger partial charge in [0.25, 0.3) is 0 Å². The summed E-state index contributed by atoms with van der Waals surface area (Å²) in [6, 6.07) is 7.12. The number of allylic oxidation sites excluding steroid dienone is 2. The molecule has 7 heteroatoms. The highest BCUT2D eigenvalue weighted by atomic mass is 32.1. The average molecular weight is 492 g/mol. The van der Waals surface area contributed by atoms with Crippen LogP contribution < -0.4 is 5.32 Å². The summed E-state index contributed by atoms with van der Waals surface area (Å²) in [5.74, 6) is 0. The van der Waals surface area contributed by atoms with E-state index in [1.54, 1.807) is 0 Å². The molecule has 1 N–H and O–H groups in total. The highest BCUT2D eigenvalue weighted by Gasteiger charge is 2.27. The summed E-state index contributed by atoms with van der Waals surface area (Å²) in [6.07, 6.45) is 8.37. The SMILES string of the molecule is CC(C)NC(=O)N1CCC(C2=CCc3ncc(-c4ccc(CN5CCN(C)CC5)s4)cc32)=CC1C. The van der Waals surface area contributed by atoms with Crippen LogP contribution in [-0.2, 0) is 13.0 Å². The molecule has 4 heterocycles. The van der Waals surface area contributed by atoms with Crippen molar-refractivity contribution >= 4 is 22.9 Å². The van der Waals surface area contributed by atoms with E-state index in [1.807, 2.05) is 36.3 Å². The predicted molar refractivity (Wildman–Crippen MR) is 145 cm³/mol. The molecule has 186 valence electrons. The fourth-order valence-electron chi connectivity index (χ4n) is 5.23. The van der Waals surface area contributed by atoms with Gasteiger partial charge < -0.3 is 15.1 Å². The third kappa shape index (κ3) is 5.37. The van der Waals surface area contributed by atoms with Gasteiger partial charge in [-0.25, -0.2) is 4.79 Å². The van der Waals surface area contributed by atoms with Gasteiger partial charge in [-0.3, -0.25) is 9.88 Å². The number of carbonyl (C=O) groups excluding carboxylic acids is 1. The second-order valence-electron chi connectivity index (χ2n) is 10.4. The minimum Gasteiger partial charge on any atom is -0.336 e. The lowest BCUT2D eigenvalue weighted by Crippen LogP contribution is -2.48. The third-order valence-corrected chi connectivity index (χ3v) is 8.38. The van der Waals surface area contributed by atoms with Crippen molar-refractivity contribution in [1.29, 1.82) is 0 Å². The molecule has 5 rings (SSSR count). The largest absolute Gasteiger partial charge is 0.336 e. The van der Waals surface area contributed by atoms with Crippen LogP contribution in [0, 0.1) is 0 Å². The van der Waals surface area contributed by atoms with Crippen molar-refractivity contribution in [2.24, 2.45) is 0 Å². The van der Waals surface area contributed by atoms with E-state index in [1.165, 1.54) is 32.0 Å². The summed E-state index contributed by atoms with van der Waals surface area (Å²) in [5.41, 5.74) is 6.26. The van der Waals surface area contributed by atoms with Gasteiger partial charge in [0.1, 0.15) is 0 Å².